The fraction of sp³-hybridized carbons (Fsp3) is 0.300. The predicted molar refractivity (Wildman–Crippen MR) is 150 cm³/mol. The van der Waals surface area contributed by atoms with Gasteiger partial charge in [0.05, 0.1) is 22.3 Å². The average Bonchev–Trinajstić information content (AvgIpc) is 3.42. The number of thiazole rings is 1. The summed E-state index contributed by atoms with van der Waals surface area (Å²) in [5.74, 6) is -0.858. The fourth-order valence-corrected chi connectivity index (χ4v) is 5.72. The molecule has 8 heteroatoms. The lowest BCUT2D eigenvalue weighted by Gasteiger charge is -2.30. The number of pyridine rings is 1. The molecular weight excluding hydrogens is 496 g/mol. The summed E-state index contributed by atoms with van der Waals surface area (Å²) < 4.78 is 1.12. The van der Waals surface area contributed by atoms with Gasteiger partial charge in [-0.05, 0) is 65.9 Å². The molecule has 0 spiro atoms. The number of amides is 3. The largest absolute Gasteiger partial charge is 0.326 e. The van der Waals surface area contributed by atoms with Crippen LogP contribution >= 0.6 is 11.3 Å². The third kappa shape index (κ3) is 5.36. The van der Waals surface area contributed by atoms with Crippen LogP contribution in [0.15, 0.2) is 67.0 Å². The lowest BCUT2D eigenvalue weighted by molar-refractivity contribution is -0.140. The van der Waals surface area contributed by atoms with Crippen molar-refractivity contribution in [3.05, 3.63) is 78.1 Å². The fourth-order valence-electron chi connectivity index (χ4n) is 4.65. The van der Waals surface area contributed by atoms with Crippen LogP contribution in [0.3, 0.4) is 0 Å². The summed E-state index contributed by atoms with van der Waals surface area (Å²) in [7, 11) is 0. The summed E-state index contributed by atoms with van der Waals surface area (Å²) in [5.41, 5.74) is 4.09. The molecule has 7 nitrogen and oxygen atoms in total. The first-order valence-corrected chi connectivity index (χ1v) is 13.4. The third-order valence-corrected chi connectivity index (χ3v) is 7.56. The number of rotatable bonds is 6. The van der Waals surface area contributed by atoms with Crippen molar-refractivity contribution in [2.75, 3.05) is 4.90 Å². The second kappa shape index (κ2) is 10.1. The number of fused-ring (bicyclic) bond motifs is 1. The second-order valence-electron chi connectivity index (χ2n) is 10.9. The Morgan fingerprint density at radius 3 is 2.55 bits per heavy atom. The Bertz CT molecular complexity index is 1510. The Hall–Kier alpha value is -3.91. The van der Waals surface area contributed by atoms with E-state index in [2.05, 4.69) is 18.0 Å². The van der Waals surface area contributed by atoms with Crippen LogP contribution in [0, 0.1) is 12.3 Å². The monoisotopic (exact) mass is 526 g/mol. The summed E-state index contributed by atoms with van der Waals surface area (Å²) in [6.07, 6.45) is 3.56. The topological polar surface area (TPSA) is 83.5 Å². The maximum Gasteiger partial charge on any atom is 0.257 e. The second-order valence-corrected chi connectivity index (χ2v) is 12.0. The average molecular weight is 527 g/mol. The van der Waals surface area contributed by atoms with Crippen molar-refractivity contribution in [1.82, 2.24) is 14.9 Å². The van der Waals surface area contributed by atoms with E-state index in [9.17, 15) is 14.4 Å². The van der Waals surface area contributed by atoms with Gasteiger partial charge in [0.25, 0.3) is 5.91 Å². The van der Waals surface area contributed by atoms with Crippen molar-refractivity contribution in [2.45, 2.75) is 53.1 Å². The van der Waals surface area contributed by atoms with Crippen LogP contribution in [0.2, 0.25) is 0 Å². The number of benzene rings is 2. The first kappa shape index (κ1) is 25.7. The van der Waals surface area contributed by atoms with E-state index in [4.69, 9.17) is 4.98 Å². The predicted octanol–water partition coefficient (Wildman–Crippen LogP) is 5.76. The molecule has 1 atom stereocenters. The molecule has 1 fully saturated rings. The van der Waals surface area contributed by atoms with Gasteiger partial charge in [-0.2, -0.15) is 0 Å². The highest BCUT2D eigenvalue weighted by molar-refractivity contribution is 7.21. The molecule has 1 saturated heterocycles. The Morgan fingerprint density at radius 2 is 1.87 bits per heavy atom. The van der Waals surface area contributed by atoms with Crippen LogP contribution in [0.5, 0.6) is 0 Å². The lowest BCUT2D eigenvalue weighted by atomic mass is 9.91. The molecular formula is C30H30N4O3S. The zero-order valence-corrected chi connectivity index (χ0v) is 22.8. The molecule has 0 saturated carbocycles. The molecule has 1 unspecified atom stereocenters. The highest BCUT2D eigenvalue weighted by atomic mass is 32.1. The number of nitrogens with zero attached hydrogens (tertiary/aromatic N) is 4. The van der Waals surface area contributed by atoms with Gasteiger partial charge in [-0.3, -0.25) is 19.4 Å². The lowest BCUT2D eigenvalue weighted by Crippen LogP contribution is -2.46. The maximum absolute atomic E-state index is 13.6. The maximum atomic E-state index is 13.6. The molecule has 4 aromatic rings. The smallest absolute Gasteiger partial charge is 0.257 e. The number of hydrogen-bond donors (Lipinski definition) is 0. The number of hydrogen-bond acceptors (Lipinski definition) is 6. The van der Waals surface area contributed by atoms with Gasteiger partial charge in [0.2, 0.25) is 11.8 Å². The van der Waals surface area contributed by atoms with Crippen LogP contribution < -0.4 is 4.90 Å². The van der Waals surface area contributed by atoms with Crippen molar-refractivity contribution >= 4 is 45.0 Å². The van der Waals surface area contributed by atoms with Crippen LogP contribution in [-0.2, 0) is 20.9 Å². The van der Waals surface area contributed by atoms with Crippen LogP contribution in [-0.4, -0.2) is 38.6 Å². The van der Waals surface area contributed by atoms with E-state index >= 15 is 0 Å². The van der Waals surface area contributed by atoms with Gasteiger partial charge in [-0.15, -0.1) is 11.3 Å². The normalized spacial score (nSPS) is 15.9. The Labute approximate surface area is 226 Å². The molecule has 0 radical (unpaired) electrons. The van der Waals surface area contributed by atoms with E-state index in [1.54, 1.807) is 46.8 Å². The van der Waals surface area contributed by atoms with Gasteiger partial charge < -0.3 is 4.90 Å². The summed E-state index contributed by atoms with van der Waals surface area (Å²) in [5, 5.41) is 0.879. The quantitative estimate of drug-likeness (QED) is 0.298. The summed E-state index contributed by atoms with van der Waals surface area (Å²) >= 11 is 1.61. The Balaban J connectivity index is 1.40. The molecule has 3 amide bonds. The van der Waals surface area contributed by atoms with Crippen molar-refractivity contribution in [1.29, 1.82) is 0 Å². The number of carbonyl (C=O) groups is 3. The molecule has 0 N–H and O–H groups in total. The highest BCUT2D eigenvalue weighted by Crippen LogP contribution is 2.34. The standard InChI is InChI=1S/C30H30N4O3S/c1-19-7-12-23-25(14-19)38-28(32-23)21-8-10-22(11-9-21)34-26(35)15-24(29(34)37)33(27(36)16-30(2,3)4)18-20-6-5-13-31-17-20/h5-14,17,24H,15-16,18H2,1-4H3. The van der Waals surface area contributed by atoms with E-state index in [1.165, 1.54) is 10.5 Å². The molecule has 2 aromatic heterocycles. The third-order valence-electron chi connectivity index (χ3n) is 6.49. The van der Waals surface area contributed by atoms with Crippen LogP contribution in [0.4, 0.5) is 5.69 Å². The molecule has 1 aliphatic rings. The molecule has 5 rings (SSSR count). The van der Waals surface area contributed by atoms with Crippen molar-refractivity contribution in [3.63, 3.8) is 0 Å². The van der Waals surface area contributed by atoms with Gasteiger partial charge in [0.15, 0.2) is 0 Å². The van der Waals surface area contributed by atoms with Gasteiger partial charge in [-0.25, -0.2) is 9.88 Å². The van der Waals surface area contributed by atoms with E-state index in [0.29, 0.717) is 5.69 Å². The Morgan fingerprint density at radius 1 is 1.11 bits per heavy atom. The highest BCUT2D eigenvalue weighted by Gasteiger charge is 2.44. The van der Waals surface area contributed by atoms with E-state index in [-0.39, 0.29) is 42.5 Å². The van der Waals surface area contributed by atoms with Crippen molar-refractivity contribution < 1.29 is 14.4 Å². The minimum Gasteiger partial charge on any atom is -0.326 e. The van der Waals surface area contributed by atoms with Gasteiger partial charge in [0.1, 0.15) is 11.0 Å². The van der Waals surface area contributed by atoms with E-state index in [1.807, 2.05) is 51.1 Å². The zero-order valence-electron chi connectivity index (χ0n) is 22.0. The number of aryl methyl sites for hydroxylation is 1. The first-order chi connectivity index (χ1) is 18.1. The minimum atomic E-state index is -0.857. The van der Waals surface area contributed by atoms with Crippen LogP contribution in [0.1, 0.15) is 44.7 Å². The number of carbonyl (C=O) groups excluding carboxylic acids is 3. The van der Waals surface area contributed by atoms with Crippen molar-refractivity contribution in [2.24, 2.45) is 5.41 Å². The van der Waals surface area contributed by atoms with Crippen molar-refractivity contribution in [3.8, 4) is 10.6 Å². The van der Waals surface area contributed by atoms with E-state index in [0.717, 1.165) is 26.4 Å². The zero-order chi connectivity index (χ0) is 27.0. The molecule has 2 aromatic carbocycles. The molecule has 3 heterocycles. The Kier molecular flexibility index (Phi) is 6.84. The van der Waals surface area contributed by atoms with Crippen LogP contribution in [0.25, 0.3) is 20.8 Å². The minimum absolute atomic E-state index is 0.0477. The van der Waals surface area contributed by atoms with Gasteiger partial charge >= 0.3 is 0 Å². The molecule has 1 aliphatic heterocycles. The SMILES string of the molecule is Cc1ccc2nc(-c3ccc(N4C(=O)CC(N(Cc5cccnc5)C(=O)CC(C)(C)C)C4=O)cc3)sc2c1. The molecule has 0 bridgehead atoms. The molecule has 0 aliphatic carbocycles. The number of anilines is 1. The summed E-state index contributed by atoms with van der Waals surface area (Å²) in [6.45, 7) is 8.22. The summed E-state index contributed by atoms with van der Waals surface area (Å²) in [4.78, 5) is 51.7. The van der Waals surface area contributed by atoms with Gasteiger partial charge in [0, 0.05) is 30.9 Å². The molecule has 194 valence electrons. The van der Waals surface area contributed by atoms with Gasteiger partial charge in [-0.1, -0.05) is 32.9 Å². The van der Waals surface area contributed by atoms with E-state index < -0.39 is 6.04 Å². The number of imide groups is 1. The first-order valence-electron chi connectivity index (χ1n) is 12.6. The summed E-state index contributed by atoms with van der Waals surface area (Å²) in [6, 6.07) is 16.3. The number of aromatic nitrogens is 2. The molecule has 38 heavy (non-hydrogen) atoms.